The quantitative estimate of drug-likeness (QED) is 0.468. The number of rotatable bonds is 4. The fourth-order valence-corrected chi connectivity index (χ4v) is 2.12. The summed E-state index contributed by atoms with van der Waals surface area (Å²) in [6.45, 7) is 0. The lowest BCUT2D eigenvalue weighted by Crippen LogP contribution is -2.18. The zero-order valence-electron chi connectivity index (χ0n) is 9.34. The van der Waals surface area contributed by atoms with Gasteiger partial charge in [-0.15, -0.1) is 13.2 Å². The molecule has 0 saturated heterocycles. The molecule has 0 atom stereocenters. The second kappa shape index (κ2) is 5.28. The molecule has 0 amide bonds. The van der Waals surface area contributed by atoms with E-state index in [1.807, 2.05) is 0 Å². The van der Waals surface area contributed by atoms with E-state index in [-0.39, 0.29) is 6.07 Å². The van der Waals surface area contributed by atoms with Crippen molar-refractivity contribution in [3.8, 4) is 11.6 Å². The molecular formula is C7H4ClF3N2O6S. The lowest BCUT2D eigenvalue weighted by Gasteiger charge is -2.09. The number of pyridine rings is 1. The normalized spacial score (nSPS) is 12.1. The third kappa shape index (κ3) is 3.84. The third-order valence-electron chi connectivity index (χ3n) is 1.76. The molecule has 1 rings (SSSR count). The Balaban J connectivity index is 3.61. The summed E-state index contributed by atoms with van der Waals surface area (Å²) in [5, 5.41) is 10.7. The fourth-order valence-electron chi connectivity index (χ4n) is 1.14. The Bertz CT molecular complexity index is 647. The first-order valence-electron chi connectivity index (χ1n) is 4.39. The molecule has 0 aromatic carbocycles. The smallest absolute Gasteiger partial charge is 0.488 e. The SMILES string of the molecule is COc1c(S(=O)(=O)Cl)cc(OC(F)(F)F)nc1[N+](=O)[O-]. The summed E-state index contributed by atoms with van der Waals surface area (Å²) in [6.07, 6.45) is -5.22. The zero-order valence-corrected chi connectivity index (χ0v) is 10.9. The summed E-state index contributed by atoms with van der Waals surface area (Å²) in [5.74, 6) is -3.54. The summed E-state index contributed by atoms with van der Waals surface area (Å²) in [7, 11) is 1.20. The second-order valence-corrected chi connectivity index (χ2v) is 5.59. The van der Waals surface area contributed by atoms with Gasteiger partial charge < -0.3 is 19.6 Å². The van der Waals surface area contributed by atoms with Crippen molar-refractivity contribution in [1.82, 2.24) is 4.98 Å². The summed E-state index contributed by atoms with van der Waals surface area (Å²) in [6, 6.07) is 0.266. The molecule has 0 radical (unpaired) electrons. The highest BCUT2D eigenvalue weighted by atomic mass is 35.7. The van der Waals surface area contributed by atoms with Crippen molar-refractivity contribution >= 4 is 25.6 Å². The van der Waals surface area contributed by atoms with Crippen molar-refractivity contribution in [1.29, 1.82) is 0 Å². The number of ether oxygens (including phenoxy) is 2. The van der Waals surface area contributed by atoms with Crippen molar-refractivity contribution < 1.29 is 36.0 Å². The third-order valence-corrected chi connectivity index (χ3v) is 3.08. The van der Waals surface area contributed by atoms with Gasteiger partial charge in [-0.25, -0.2) is 8.42 Å². The first kappa shape index (κ1) is 16.2. The molecule has 1 aromatic rings. The van der Waals surface area contributed by atoms with E-state index in [1.54, 1.807) is 0 Å². The minimum atomic E-state index is -5.22. The number of nitrogens with zero attached hydrogens (tertiary/aromatic N) is 2. The van der Waals surface area contributed by atoms with Crippen LogP contribution in [0, 0.1) is 10.1 Å². The Morgan fingerprint density at radius 2 is 2.00 bits per heavy atom. The van der Waals surface area contributed by atoms with Crippen LogP contribution in [0.1, 0.15) is 0 Å². The van der Waals surface area contributed by atoms with Gasteiger partial charge in [-0.2, -0.15) is 0 Å². The van der Waals surface area contributed by atoms with Gasteiger partial charge in [-0.05, 0) is 4.92 Å². The zero-order chi connectivity index (χ0) is 15.7. The highest BCUT2D eigenvalue weighted by Crippen LogP contribution is 2.37. The van der Waals surface area contributed by atoms with Crippen LogP contribution in [0.15, 0.2) is 11.0 Å². The predicted molar refractivity (Wildman–Crippen MR) is 57.2 cm³/mol. The number of nitro groups is 1. The Labute approximate surface area is 113 Å². The molecule has 1 heterocycles. The van der Waals surface area contributed by atoms with Gasteiger partial charge in [0.15, 0.2) is 0 Å². The topological polar surface area (TPSA) is 109 Å². The number of alkyl halides is 3. The molecular weight excluding hydrogens is 333 g/mol. The molecule has 0 aliphatic carbocycles. The molecule has 0 aliphatic heterocycles. The summed E-state index contributed by atoms with van der Waals surface area (Å²) >= 11 is 0. The molecule has 0 unspecified atom stereocenters. The lowest BCUT2D eigenvalue weighted by molar-refractivity contribution is -0.391. The van der Waals surface area contributed by atoms with Gasteiger partial charge in [0, 0.05) is 15.7 Å². The van der Waals surface area contributed by atoms with Gasteiger partial charge >= 0.3 is 18.1 Å². The average Bonchev–Trinajstić information content (AvgIpc) is 2.24. The van der Waals surface area contributed by atoms with Crippen LogP contribution in [0.25, 0.3) is 0 Å². The van der Waals surface area contributed by atoms with Gasteiger partial charge in [-0.3, -0.25) is 0 Å². The van der Waals surface area contributed by atoms with Gasteiger partial charge in [0.2, 0.25) is 5.75 Å². The maximum atomic E-state index is 12.0. The standard InChI is InChI=1S/C7H4ClF3N2O6S/c1-18-5-3(20(8,16)17)2-4(19-7(9,10)11)12-6(5)13(14)15/h2H,1H3. The molecule has 112 valence electrons. The molecule has 20 heavy (non-hydrogen) atoms. The van der Waals surface area contributed by atoms with Gasteiger partial charge in [0.25, 0.3) is 9.05 Å². The molecule has 8 nitrogen and oxygen atoms in total. The molecule has 1 aromatic heterocycles. The summed E-state index contributed by atoms with van der Waals surface area (Å²) in [4.78, 5) is 11.3. The highest BCUT2D eigenvalue weighted by molar-refractivity contribution is 8.13. The average molecular weight is 337 g/mol. The van der Waals surface area contributed by atoms with Crippen molar-refractivity contribution in [2.45, 2.75) is 11.3 Å². The van der Waals surface area contributed by atoms with Crippen molar-refractivity contribution in [3.05, 3.63) is 16.2 Å². The molecule has 0 fully saturated rings. The highest BCUT2D eigenvalue weighted by Gasteiger charge is 2.37. The van der Waals surface area contributed by atoms with E-state index in [1.165, 1.54) is 0 Å². The van der Waals surface area contributed by atoms with E-state index in [0.717, 1.165) is 7.11 Å². The molecule has 0 spiro atoms. The van der Waals surface area contributed by atoms with E-state index < -0.39 is 42.7 Å². The van der Waals surface area contributed by atoms with Crippen LogP contribution < -0.4 is 9.47 Å². The van der Waals surface area contributed by atoms with Crippen LogP contribution in [-0.4, -0.2) is 31.8 Å². The molecule has 0 N–H and O–H groups in total. The van der Waals surface area contributed by atoms with Crippen LogP contribution in [-0.2, 0) is 9.05 Å². The molecule has 13 heteroatoms. The van der Waals surface area contributed by atoms with Crippen molar-refractivity contribution in [2.24, 2.45) is 0 Å². The van der Waals surface area contributed by atoms with E-state index in [2.05, 4.69) is 14.5 Å². The van der Waals surface area contributed by atoms with Crippen molar-refractivity contribution in [3.63, 3.8) is 0 Å². The first-order valence-corrected chi connectivity index (χ1v) is 6.70. The Hall–Kier alpha value is -1.82. The van der Waals surface area contributed by atoms with E-state index >= 15 is 0 Å². The summed E-state index contributed by atoms with van der Waals surface area (Å²) in [5.41, 5.74) is 0. The van der Waals surface area contributed by atoms with E-state index in [9.17, 15) is 31.7 Å². The van der Waals surface area contributed by atoms with Crippen LogP contribution in [0.2, 0.25) is 0 Å². The minimum absolute atomic E-state index is 0.266. The maximum absolute atomic E-state index is 12.0. The van der Waals surface area contributed by atoms with Crippen LogP contribution in [0.4, 0.5) is 19.0 Å². The van der Waals surface area contributed by atoms with Gasteiger partial charge in [0.1, 0.15) is 4.90 Å². The van der Waals surface area contributed by atoms with Crippen LogP contribution in [0.5, 0.6) is 11.6 Å². The van der Waals surface area contributed by atoms with Gasteiger partial charge in [-0.1, -0.05) is 0 Å². The van der Waals surface area contributed by atoms with Crippen molar-refractivity contribution in [2.75, 3.05) is 7.11 Å². The fraction of sp³-hybridized carbons (Fsp3) is 0.286. The molecule has 0 aliphatic rings. The largest absolute Gasteiger partial charge is 0.575 e. The van der Waals surface area contributed by atoms with Crippen LogP contribution >= 0.6 is 10.7 Å². The maximum Gasteiger partial charge on any atom is 0.575 e. The number of methoxy groups -OCH3 is 1. The number of aromatic nitrogens is 1. The number of hydrogen-bond acceptors (Lipinski definition) is 7. The van der Waals surface area contributed by atoms with E-state index in [4.69, 9.17) is 10.7 Å². The Morgan fingerprint density at radius 1 is 1.45 bits per heavy atom. The first-order chi connectivity index (χ1) is 8.95. The Kier molecular flexibility index (Phi) is 4.29. The lowest BCUT2D eigenvalue weighted by atomic mass is 10.4. The van der Waals surface area contributed by atoms with Gasteiger partial charge in [0.05, 0.1) is 13.2 Å². The Morgan fingerprint density at radius 3 is 2.35 bits per heavy atom. The predicted octanol–water partition coefficient (Wildman–Crippen LogP) is 1.82. The second-order valence-electron chi connectivity index (χ2n) is 3.06. The van der Waals surface area contributed by atoms with Crippen LogP contribution in [0.3, 0.4) is 0 Å². The molecule has 0 bridgehead atoms. The molecule has 0 saturated carbocycles. The number of halogens is 4. The summed E-state index contributed by atoms with van der Waals surface area (Å²) < 4.78 is 66.3. The monoisotopic (exact) mass is 336 g/mol. The van der Waals surface area contributed by atoms with E-state index in [0.29, 0.717) is 0 Å². The minimum Gasteiger partial charge on any atom is -0.488 e. The number of hydrogen-bond donors (Lipinski definition) is 0.